The van der Waals surface area contributed by atoms with Crippen LogP contribution in [0.1, 0.15) is 5.69 Å². The Morgan fingerprint density at radius 3 is 2.71 bits per heavy atom. The number of carbonyl (C=O) groups excluding carboxylic acids is 2. The minimum absolute atomic E-state index is 0.247. The fraction of sp³-hybridized carbons (Fsp3) is 0.143. The molecule has 0 radical (unpaired) electrons. The Hall–Kier alpha value is -3.24. The molecule has 0 atom stereocenters. The van der Waals surface area contributed by atoms with Crippen LogP contribution < -0.4 is 10.6 Å². The second kappa shape index (κ2) is 9.27. The molecule has 0 unspecified atom stereocenters. The zero-order chi connectivity index (χ0) is 21.8. The number of nitrogens with one attached hydrogen (secondary N) is 2. The highest BCUT2D eigenvalue weighted by Gasteiger charge is 2.17. The number of carbonyl (C=O) groups is 2. The van der Waals surface area contributed by atoms with E-state index in [0.717, 1.165) is 10.6 Å². The van der Waals surface area contributed by atoms with Crippen molar-refractivity contribution in [3.8, 4) is 11.4 Å². The number of rotatable bonds is 6. The number of hydrogen-bond donors (Lipinski definition) is 2. The van der Waals surface area contributed by atoms with Gasteiger partial charge < -0.3 is 10.6 Å². The number of thioether (sulfide) groups is 1. The average Bonchev–Trinajstić information content (AvgIpc) is 3.36. The number of aromatic nitrogens is 3. The number of fused-ring (bicyclic) bond motifs is 1. The zero-order valence-electron chi connectivity index (χ0n) is 16.5. The Morgan fingerprint density at radius 1 is 1.13 bits per heavy atom. The summed E-state index contributed by atoms with van der Waals surface area (Å²) in [6, 6.07) is 13.6. The van der Waals surface area contributed by atoms with E-state index >= 15 is 0 Å². The van der Waals surface area contributed by atoms with Crippen LogP contribution in [0, 0.1) is 5.82 Å². The maximum atomic E-state index is 14.0. The standard InChI is InChI=1S/C21H18FN5O2S2/c1-30-17-9-5-4-8-16(17)24-20(29)19(28)23-11-10-13-12-31-21-25-18(26-27(13)21)14-6-2-3-7-15(14)22/h2-9,12H,10-11H2,1H3,(H,23,28)(H,24,29). The number of thiazole rings is 1. The van der Waals surface area contributed by atoms with Crippen LogP contribution in [0.4, 0.5) is 10.1 Å². The number of hydrogen-bond acceptors (Lipinski definition) is 6. The molecule has 4 aromatic rings. The van der Waals surface area contributed by atoms with Crippen molar-refractivity contribution in [3.63, 3.8) is 0 Å². The minimum atomic E-state index is -0.723. The van der Waals surface area contributed by atoms with Crippen LogP contribution >= 0.6 is 23.1 Å². The Bertz CT molecular complexity index is 1250. The van der Waals surface area contributed by atoms with Gasteiger partial charge in [-0.1, -0.05) is 24.3 Å². The Kier molecular flexibility index (Phi) is 6.28. The topological polar surface area (TPSA) is 88.4 Å². The Balaban J connectivity index is 1.38. The molecule has 0 aliphatic rings. The number of halogens is 1. The van der Waals surface area contributed by atoms with Crippen LogP contribution in [-0.4, -0.2) is 39.2 Å². The van der Waals surface area contributed by atoms with Gasteiger partial charge in [0, 0.05) is 23.2 Å². The monoisotopic (exact) mass is 455 g/mol. The number of nitrogens with zero attached hydrogens (tertiary/aromatic N) is 3. The molecule has 0 saturated carbocycles. The SMILES string of the molecule is CSc1ccccc1NC(=O)C(=O)NCCc1csc2nc(-c3ccccc3F)nn12. The van der Waals surface area contributed by atoms with E-state index in [1.807, 2.05) is 23.8 Å². The van der Waals surface area contributed by atoms with Gasteiger partial charge in [0.05, 0.1) is 16.9 Å². The molecule has 2 aromatic heterocycles. The minimum Gasteiger partial charge on any atom is -0.347 e. The van der Waals surface area contributed by atoms with Gasteiger partial charge in [-0.2, -0.15) is 4.98 Å². The van der Waals surface area contributed by atoms with Gasteiger partial charge in [-0.15, -0.1) is 28.2 Å². The van der Waals surface area contributed by atoms with E-state index in [1.54, 1.807) is 34.8 Å². The summed E-state index contributed by atoms with van der Waals surface area (Å²) in [7, 11) is 0. The third kappa shape index (κ3) is 4.59. The molecule has 0 bridgehead atoms. The van der Waals surface area contributed by atoms with Crippen molar-refractivity contribution < 1.29 is 14.0 Å². The number of para-hydroxylation sites is 1. The van der Waals surface area contributed by atoms with Crippen LogP contribution in [-0.2, 0) is 16.0 Å². The highest BCUT2D eigenvalue weighted by molar-refractivity contribution is 7.98. The molecule has 0 aliphatic heterocycles. The predicted octanol–water partition coefficient (Wildman–Crippen LogP) is 3.62. The average molecular weight is 456 g/mol. The fourth-order valence-electron chi connectivity index (χ4n) is 2.96. The maximum Gasteiger partial charge on any atom is 0.313 e. The summed E-state index contributed by atoms with van der Waals surface area (Å²) >= 11 is 2.86. The van der Waals surface area contributed by atoms with E-state index in [4.69, 9.17) is 0 Å². The summed E-state index contributed by atoms with van der Waals surface area (Å²) in [6.07, 6.45) is 2.34. The van der Waals surface area contributed by atoms with Crippen molar-refractivity contribution in [2.24, 2.45) is 0 Å². The van der Waals surface area contributed by atoms with E-state index in [-0.39, 0.29) is 12.4 Å². The summed E-state index contributed by atoms with van der Waals surface area (Å²) in [5.41, 5.74) is 1.74. The largest absolute Gasteiger partial charge is 0.347 e. The molecular formula is C21H18FN5O2S2. The van der Waals surface area contributed by atoms with Crippen molar-refractivity contribution in [2.75, 3.05) is 18.1 Å². The lowest BCUT2D eigenvalue weighted by Crippen LogP contribution is -2.36. The van der Waals surface area contributed by atoms with Crippen molar-refractivity contribution in [1.29, 1.82) is 0 Å². The van der Waals surface area contributed by atoms with Crippen LogP contribution in [0.3, 0.4) is 0 Å². The molecular weight excluding hydrogens is 437 g/mol. The maximum absolute atomic E-state index is 14.0. The molecule has 4 rings (SSSR count). The Labute approximate surface area is 185 Å². The highest BCUT2D eigenvalue weighted by atomic mass is 32.2. The fourth-order valence-corrected chi connectivity index (χ4v) is 4.37. The molecule has 0 fully saturated rings. The molecule has 158 valence electrons. The molecule has 2 heterocycles. The first-order valence-electron chi connectivity index (χ1n) is 9.37. The lowest BCUT2D eigenvalue weighted by molar-refractivity contribution is -0.136. The molecule has 0 saturated heterocycles. The van der Waals surface area contributed by atoms with E-state index in [1.165, 1.54) is 29.2 Å². The summed E-state index contributed by atoms with van der Waals surface area (Å²) in [4.78, 5) is 30.2. The Morgan fingerprint density at radius 2 is 1.90 bits per heavy atom. The first kappa shape index (κ1) is 21.0. The van der Waals surface area contributed by atoms with E-state index in [0.29, 0.717) is 28.5 Å². The molecule has 0 spiro atoms. The molecule has 10 heteroatoms. The van der Waals surface area contributed by atoms with Crippen molar-refractivity contribution in [1.82, 2.24) is 19.9 Å². The second-order valence-electron chi connectivity index (χ2n) is 6.50. The summed E-state index contributed by atoms with van der Waals surface area (Å²) in [6.45, 7) is 0.247. The molecule has 2 amide bonds. The van der Waals surface area contributed by atoms with Gasteiger partial charge in [-0.05, 0) is 30.5 Å². The first-order valence-corrected chi connectivity index (χ1v) is 11.5. The molecule has 7 nitrogen and oxygen atoms in total. The quantitative estimate of drug-likeness (QED) is 0.343. The predicted molar refractivity (Wildman–Crippen MR) is 120 cm³/mol. The lowest BCUT2D eigenvalue weighted by atomic mass is 10.2. The zero-order valence-corrected chi connectivity index (χ0v) is 18.1. The van der Waals surface area contributed by atoms with Gasteiger partial charge in [0.2, 0.25) is 4.96 Å². The van der Waals surface area contributed by atoms with E-state index in [9.17, 15) is 14.0 Å². The molecule has 31 heavy (non-hydrogen) atoms. The van der Waals surface area contributed by atoms with Crippen LogP contribution in [0.2, 0.25) is 0 Å². The van der Waals surface area contributed by atoms with Gasteiger partial charge in [0.25, 0.3) is 0 Å². The summed E-state index contributed by atoms with van der Waals surface area (Å²) < 4.78 is 15.6. The number of amides is 2. The molecule has 0 aliphatic carbocycles. The van der Waals surface area contributed by atoms with Crippen LogP contribution in [0.5, 0.6) is 0 Å². The van der Waals surface area contributed by atoms with Crippen LogP contribution in [0.25, 0.3) is 16.3 Å². The van der Waals surface area contributed by atoms with Gasteiger partial charge >= 0.3 is 11.8 Å². The van der Waals surface area contributed by atoms with Gasteiger partial charge in [0.1, 0.15) is 5.82 Å². The van der Waals surface area contributed by atoms with Gasteiger partial charge in [-0.25, -0.2) is 8.91 Å². The van der Waals surface area contributed by atoms with Gasteiger partial charge in [0.15, 0.2) is 5.82 Å². The van der Waals surface area contributed by atoms with Gasteiger partial charge in [-0.3, -0.25) is 9.59 Å². The van der Waals surface area contributed by atoms with Crippen LogP contribution in [0.15, 0.2) is 58.8 Å². The molecule has 2 aromatic carbocycles. The second-order valence-corrected chi connectivity index (χ2v) is 8.18. The summed E-state index contributed by atoms with van der Waals surface area (Å²) in [5.74, 6) is -1.52. The number of anilines is 1. The first-order chi connectivity index (χ1) is 15.1. The van der Waals surface area contributed by atoms with Crippen molar-refractivity contribution in [2.45, 2.75) is 11.3 Å². The van der Waals surface area contributed by atoms with Crippen molar-refractivity contribution in [3.05, 3.63) is 65.4 Å². The third-order valence-corrected chi connectivity index (χ3v) is 6.15. The lowest BCUT2D eigenvalue weighted by Gasteiger charge is -2.09. The van der Waals surface area contributed by atoms with E-state index in [2.05, 4.69) is 20.7 Å². The summed E-state index contributed by atoms with van der Waals surface area (Å²) in [5, 5.41) is 11.5. The van der Waals surface area contributed by atoms with Crippen molar-refractivity contribution >= 4 is 45.6 Å². The third-order valence-electron chi connectivity index (χ3n) is 4.49. The molecule has 2 N–H and O–H groups in total. The normalized spacial score (nSPS) is 10.9. The van der Waals surface area contributed by atoms with E-state index < -0.39 is 11.8 Å². The smallest absolute Gasteiger partial charge is 0.313 e. The highest BCUT2D eigenvalue weighted by Crippen LogP contribution is 2.25. The number of benzene rings is 2.